The normalized spacial score (nSPS) is 23.7. The average Bonchev–Trinajstić information content (AvgIpc) is 2.39. The zero-order valence-electron chi connectivity index (χ0n) is 11.8. The van der Waals surface area contributed by atoms with Gasteiger partial charge in [-0.05, 0) is 31.7 Å². The molecule has 0 saturated heterocycles. The van der Waals surface area contributed by atoms with Gasteiger partial charge in [0.2, 0.25) is 0 Å². The molecule has 2 rings (SSSR count). The van der Waals surface area contributed by atoms with Gasteiger partial charge < -0.3 is 10.2 Å². The molecule has 100 valence electrons. The summed E-state index contributed by atoms with van der Waals surface area (Å²) in [6.45, 7) is 5.42. The molecular weight excluding hydrogens is 222 g/mol. The van der Waals surface area contributed by atoms with Gasteiger partial charge in [0, 0.05) is 19.6 Å². The van der Waals surface area contributed by atoms with Crippen LogP contribution in [0.25, 0.3) is 0 Å². The van der Waals surface area contributed by atoms with Crippen LogP contribution in [-0.4, -0.2) is 24.6 Å². The quantitative estimate of drug-likeness (QED) is 0.882. The number of rotatable bonds is 4. The Bertz CT molecular complexity index is 378. The third-order valence-electron chi connectivity index (χ3n) is 3.97. The molecule has 0 aliphatic heterocycles. The number of hydrogen-bond acceptors (Lipinski definition) is 3. The highest BCUT2D eigenvalue weighted by Gasteiger charge is 2.22. The fraction of sp³-hybridized carbons (Fsp3) is 0.667. The van der Waals surface area contributed by atoms with Gasteiger partial charge in [-0.15, -0.1) is 0 Å². The van der Waals surface area contributed by atoms with Crippen molar-refractivity contribution in [2.45, 2.75) is 45.6 Å². The first-order valence-electron chi connectivity index (χ1n) is 7.12. The standard InChI is InChI=1S/C15H25N3/c1-4-17-13-9-15(11-16-10-13)18(3)14-7-5-6-12(2)8-14/h9-12,14,17H,4-8H2,1-3H3. The van der Waals surface area contributed by atoms with Gasteiger partial charge in [-0.3, -0.25) is 4.98 Å². The molecular formula is C15H25N3. The molecule has 0 spiro atoms. The summed E-state index contributed by atoms with van der Waals surface area (Å²) in [5.74, 6) is 0.858. The van der Waals surface area contributed by atoms with Crippen LogP contribution in [0.15, 0.2) is 18.5 Å². The van der Waals surface area contributed by atoms with Crippen LogP contribution < -0.4 is 10.2 Å². The van der Waals surface area contributed by atoms with Gasteiger partial charge in [0.1, 0.15) is 0 Å². The van der Waals surface area contributed by atoms with E-state index in [0.717, 1.165) is 18.2 Å². The Labute approximate surface area is 111 Å². The molecule has 1 heterocycles. The predicted molar refractivity (Wildman–Crippen MR) is 78.2 cm³/mol. The van der Waals surface area contributed by atoms with Crippen molar-refractivity contribution in [2.75, 3.05) is 23.8 Å². The zero-order chi connectivity index (χ0) is 13.0. The minimum atomic E-state index is 0.674. The molecule has 2 unspecified atom stereocenters. The fourth-order valence-corrected chi connectivity index (χ4v) is 2.89. The summed E-state index contributed by atoms with van der Waals surface area (Å²) >= 11 is 0. The third-order valence-corrected chi connectivity index (χ3v) is 3.97. The molecule has 0 radical (unpaired) electrons. The Hall–Kier alpha value is -1.25. The number of hydrogen-bond donors (Lipinski definition) is 1. The molecule has 1 N–H and O–H groups in total. The summed E-state index contributed by atoms with van der Waals surface area (Å²) < 4.78 is 0. The van der Waals surface area contributed by atoms with E-state index in [1.807, 2.05) is 12.4 Å². The van der Waals surface area contributed by atoms with Crippen molar-refractivity contribution >= 4 is 11.4 Å². The number of pyridine rings is 1. The highest BCUT2D eigenvalue weighted by molar-refractivity contribution is 5.55. The van der Waals surface area contributed by atoms with Crippen molar-refractivity contribution in [1.29, 1.82) is 0 Å². The van der Waals surface area contributed by atoms with Crippen LogP contribution in [0.1, 0.15) is 39.5 Å². The molecule has 1 aromatic heterocycles. The van der Waals surface area contributed by atoms with Gasteiger partial charge in [-0.1, -0.05) is 19.8 Å². The molecule has 3 nitrogen and oxygen atoms in total. The van der Waals surface area contributed by atoms with Gasteiger partial charge in [0.25, 0.3) is 0 Å². The number of nitrogens with one attached hydrogen (secondary N) is 1. The molecule has 1 fully saturated rings. The van der Waals surface area contributed by atoms with Gasteiger partial charge in [-0.25, -0.2) is 0 Å². The topological polar surface area (TPSA) is 28.2 Å². The lowest BCUT2D eigenvalue weighted by atomic mass is 9.86. The lowest BCUT2D eigenvalue weighted by Crippen LogP contribution is -2.35. The zero-order valence-corrected chi connectivity index (χ0v) is 11.8. The Morgan fingerprint density at radius 1 is 1.39 bits per heavy atom. The van der Waals surface area contributed by atoms with Crippen LogP contribution in [0.4, 0.5) is 11.4 Å². The largest absolute Gasteiger partial charge is 0.384 e. The molecule has 18 heavy (non-hydrogen) atoms. The Kier molecular flexibility index (Phi) is 4.45. The second-order valence-electron chi connectivity index (χ2n) is 5.50. The van der Waals surface area contributed by atoms with E-state index in [2.05, 4.69) is 42.2 Å². The third kappa shape index (κ3) is 3.15. The van der Waals surface area contributed by atoms with Crippen molar-refractivity contribution in [1.82, 2.24) is 4.98 Å². The highest BCUT2D eigenvalue weighted by atomic mass is 15.1. The van der Waals surface area contributed by atoms with E-state index in [4.69, 9.17) is 0 Å². The summed E-state index contributed by atoms with van der Waals surface area (Å²) in [6, 6.07) is 2.88. The van der Waals surface area contributed by atoms with Crippen LogP contribution in [0.3, 0.4) is 0 Å². The molecule has 1 aromatic rings. The van der Waals surface area contributed by atoms with E-state index in [9.17, 15) is 0 Å². The molecule has 0 bridgehead atoms. The molecule has 0 amide bonds. The monoisotopic (exact) mass is 247 g/mol. The predicted octanol–water partition coefficient (Wildman–Crippen LogP) is 3.53. The van der Waals surface area contributed by atoms with E-state index >= 15 is 0 Å². The first-order valence-corrected chi connectivity index (χ1v) is 7.12. The van der Waals surface area contributed by atoms with Crippen molar-refractivity contribution in [2.24, 2.45) is 5.92 Å². The van der Waals surface area contributed by atoms with Gasteiger partial charge in [0.15, 0.2) is 0 Å². The van der Waals surface area contributed by atoms with Gasteiger partial charge >= 0.3 is 0 Å². The lowest BCUT2D eigenvalue weighted by molar-refractivity contribution is 0.336. The summed E-state index contributed by atoms with van der Waals surface area (Å²) in [5, 5.41) is 3.33. The van der Waals surface area contributed by atoms with Crippen molar-refractivity contribution in [3.8, 4) is 0 Å². The smallest absolute Gasteiger partial charge is 0.0573 e. The number of aromatic nitrogens is 1. The van der Waals surface area contributed by atoms with E-state index in [1.165, 1.54) is 31.4 Å². The minimum absolute atomic E-state index is 0.674. The second-order valence-corrected chi connectivity index (χ2v) is 5.50. The average molecular weight is 247 g/mol. The van der Waals surface area contributed by atoms with E-state index in [1.54, 1.807) is 0 Å². The Morgan fingerprint density at radius 2 is 2.22 bits per heavy atom. The van der Waals surface area contributed by atoms with Gasteiger partial charge in [-0.2, -0.15) is 0 Å². The summed E-state index contributed by atoms with van der Waals surface area (Å²) in [6.07, 6.45) is 9.23. The summed E-state index contributed by atoms with van der Waals surface area (Å²) in [4.78, 5) is 6.74. The first-order chi connectivity index (χ1) is 8.70. The van der Waals surface area contributed by atoms with E-state index in [-0.39, 0.29) is 0 Å². The Morgan fingerprint density at radius 3 is 2.94 bits per heavy atom. The fourth-order valence-electron chi connectivity index (χ4n) is 2.89. The van der Waals surface area contributed by atoms with Crippen molar-refractivity contribution in [3.05, 3.63) is 18.5 Å². The second kappa shape index (κ2) is 6.07. The number of anilines is 2. The first kappa shape index (κ1) is 13.2. The van der Waals surface area contributed by atoms with Crippen LogP contribution in [-0.2, 0) is 0 Å². The molecule has 1 aliphatic carbocycles. The van der Waals surface area contributed by atoms with Crippen molar-refractivity contribution < 1.29 is 0 Å². The maximum Gasteiger partial charge on any atom is 0.0573 e. The van der Waals surface area contributed by atoms with Crippen LogP contribution in [0.2, 0.25) is 0 Å². The highest BCUT2D eigenvalue weighted by Crippen LogP contribution is 2.29. The summed E-state index contributed by atoms with van der Waals surface area (Å²) in [5.41, 5.74) is 2.35. The lowest BCUT2D eigenvalue weighted by Gasteiger charge is -2.35. The minimum Gasteiger partial charge on any atom is -0.384 e. The van der Waals surface area contributed by atoms with Gasteiger partial charge in [0.05, 0.1) is 23.8 Å². The Balaban J connectivity index is 2.07. The SMILES string of the molecule is CCNc1cncc(N(C)C2CCCC(C)C2)c1. The van der Waals surface area contributed by atoms with Crippen LogP contribution in [0.5, 0.6) is 0 Å². The molecule has 2 atom stereocenters. The van der Waals surface area contributed by atoms with Crippen LogP contribution >= 0.6 is 0 Å². The van der Waals surface area contributed by atoms with Crippen LogP contribution in [0, 0.1) is 5.92 Å². The van der Waals surface area contributed by atoms with E-state index < -0.39 is 0 Å². The molecule has 1 saturated carbocycles. The molecule has 0 aromatic carbocycles. The maximum absolute atomic E-state index is 4.33. The van der Waals surface area contributed by atoms with E-state index in [0.29, 0.717) is 6.04 Å². The summed E-state index contributed by atoms with van der Waals surface area (Å²) in [7, 11) is 2.20. The number of nitrogens with zero attached hydrogens (tertiary/aromatic N) is 2. The van der Waals surface area contributed by atoms with Crippen molar-refractivity contribution in [3.63, 3.8) is 0 Å². The maximum atomic E-state index is 4.33. The molecule has 1 aliphatic rings. The molecule has 3 heteroatoms.